The van der Waals surface area contributed by atoms with Crippen LogP contribution in [0.2, 0.25) is 0 Å². The highest BCUT2D eigenvalue weighted by molar-refractivity contribution is 14.0. The van der Waals surface area contributed by atoms with Gasteiger partial charge in [0.2, 0.25) is 5.89 Å². The molecule has 0 aliphatic carbocycles. The van der Waals surface area contributed by atoms with Gasteiger partial charge in [-0.05, 0) is 57.1 Å². The first-order valence-electron chi connectivity index (χ1n) is 9.26. The smallest absolute Gasteiger partial charge is 0.208 e. The molecule has 1 aliphatic rings. The van der Waals surface area contributed by atoms with Crippen LogP contribution in [0.4, 0.5) is 0 Å². The van der Waals surface area contributed by atoms with E-state index in [0.29, 0.717) is 5.92 Å². The molecule has 0 aromatic carbocycles. The Morgan fingerprint density at radius 2 is 2.11 bits per heavy atom. The van der Waals surface area contributed by atoms with Gasteiger partial charge in [-0.15, -0.1) is 35.3 Å². The first kappa shape index (κ1) is 22.2. The van der Waals surface area contributed by atoms with Gasteiger partial charge >= 0.3 is 0 Å². The van der Waals surface area contributed by atoms with Crippen molar-refractivity contribution in [1.82, 2.24) is 20.5 Å². The summed E-state index contributed by atoms with van der Waals surface area (Å²) in [5.41, 5.74) is 1.00. The lowest BCUT2D eigenvalue weighted by Crippen LogP contribution is -2.42. The van der Waals surface area contributed by atoms with Crippen molar-refractivity contribution >= 4 is 41.3 Å². The molecule has 0 spiro atoms. The number of aliphatic imine (C=N–C) groups is 1. The van der Waals surface area contributed by atoms with Gasteiger partial charge in [-0.1, -0.05) is 6.07 Å². The molecule has 8 heteroatoms. The number of nitrogens with one attached hydrogen (secondary N) is 2. The molecule has 0 bridgehead atoms. The maximum absolute atomic E-state index is 5.71. The van der Waals surface area contributed by atoms with Gasteiger partial charge in [-0.2, -0.15) is 0 Å². The SMILES string of the molecule is CN=C(NCc1cccs1)NCC1CCN(Cc2nc(C)c(C)o2)CC1.I. The molecule has 1 saturated heterocycles. The van der Waals surface area contributed by atoms with Crippen LogP contribution in [0.25, 0.3) is 0 Å². The summed E-state index contributed by atoms with van der Waals surface area (Å²) >= 11 is 1.76. The quantitative estimate of drug-likeness (QED) is 0.359. The second-order valence-electron chi connectivity index (χ2n) is 6.85. The van der Waals surface area contributed by atoms with E-state index in [1.54, 1.807) is 11.3 Å². The molecule has 1 aliphatic heterocycles. The van der Waals surface area contributed by atoms with Gasteiger partial charge in [0.25, 0.3) is 0 Å². The van der Waals surface area contributed by atoms with Gasteiger partial charge < -0.3 is 15.1 Å². The standard InChI is InChI=1S/C19H29N5OS.HI/c1-14-15(2)25-18(23-14)13-24-8-6-16(7-9-24)11-21-19(20-3)22-12-17-5-4-10-26-17;/h4-5,10,16H,6-9,11-13H2,1-3H3,(H2,20,21,22);1H. The number of thiophene rings is 1. The minimum Gasteiger partial charge on any atom is -0.444 e. The van der Waals surface area contributed by atoms with E-state index >= 15 is 0 Å². The highest BCUT2D eigenvalue weighted by atomic mass is 127. The third-order valence-electron chi connectivity index (χ3n) is 4.93. The summed E-state index contributed by atoms with van der Waals surface area (Å²) in [5, 5.41) is 8.95. The molecule has 3 rings (SSSR count). The lowest BCUT2D eigenvalue weighted by Gasteiger charge is -2.31. The molecule has 150 valence electrons. The Kier molecular flexibility index (Phi) is 9.04. The van der Waals surface area contributed by atoms with Crippen molar-refractivity contribution in [3.05, 3.63) is 39.7 Å². The molecular weight excluding hydrogens is 473 g/mol. The summed E-state index contributed by atoms with van der Waals surface area (Å²) in [6.07, 6.45) is 2.38. The Morgan fingerprint density at radius 1 is 1.33 bits per heavy atom. The van der Waals surface area contributed by atoms with E-state index in [2.05, 4.69) is 43.0 Å². The fraction of sp³-hybridized carbons (Fsp3) is 0.579. The number of likely N-dealkylation sites (tertiary alicyclic amines) is 1. The van der Waals surface area contributed by atoms with E-state index in [0.717, 1.165) is 56.0 Å². The number of hydrogen-bond donors (Lipinski definition) is 2. The van der Waals surface area contributed by atoms with Crippen LogP contribution in [-0.4, -0.2) is 42.5 Å². The largest absolute Gasteiger partial charge is 0.444 e. The van der Waals surface area contributed by atoms with E-state index in [-0.39, 0.29) is 24.0 Å². The average Bonchev–Trinajstić information content (AvgIpc) is 3.26. The van der Waals surface area contributed by atoms with Gasteiger partial charge in [0.15, 0.2) is 5.96 Å². The van der Waals surface area contributed by atoms with Crippen molar-refractivity contribution in [2.45, 2.75) is 39.8 Å². The van der Waals surface area contributed by atoms with Crippen molar-refractivity contribution in [2.75, 3.05) is 26.7 Å². The summed E-state index contributed by atoms with van der Waals surface area (Å²) in [5.74, 6) is 3.33. The van der Waals surface area contributed by atoms with Crippen LogP contribution in [0.1, 0.15) is 35.1 Å². The zero-order valence-corrected chi connectivity index (χ0v) is 19.5. The van der Waals surface area contributed by atoms with Gasteiger partial charge in [0, 0.05) is 18.5 Å². The van der Waals surface area contributed by atoms with Crippen LogP contribution in [0.3, 0.4) is 0 Å². The maximum Gasteiger partial charge on any atom is 0.208 e. The number of oxazole rings is 1. The third kappa shape index (κ3) is 6.76. The molecule has 2 aromatic heterocycles. The first-order valence-corrected chi connectivity index (χ1v) is 10.1. The van der Waals surface area contributed by atoms with Crippen LogP contribution in [0.5, 0.6) is 0 Å². The lowest BCUT2D eigenvalue weighted by atomic mass is 9.97. The summed E-state index contributed by atoms with van der Waals surface area (Å²) in [6, 6.07) is 4.21. The topological polar surface area (TPSA) is 65.7 Å². The number of hydrogen-bond acceptors (Lipinski definition) is 5. The van der Waals surface area contributed by atoms with Gasteiger partial charge in [-0.25, -0.2) is 4.98 Å². The molecule has 0 atom stereocenters. The predicted molar refractivity (Wildman–Crippen MR) is 122 cm³/mol. The van der Waals surface area contributed by atoms with E-state index in [4.69, 9.17) is 4.42 Å². The van der Waals surface area contributed by atoms with Crippen LogP contribution in [0, 0.1) is 19.8 Å². The highest BCUT2D eigenvalue weighted by Crippen LogP contribution is 2.19. The highest BCUT2D eigenvalue weighted by Gasteiger charge is 2.21. The Bertz CT molecular complexity index is 688. The average molecular weight is 503 g/mol. The van der Waals surface area contributed by atoms with Crippen LogP contribution >= 0.6 is 35.3 Å². The second kappa shape index (κ2) is 11.0. The lowest BCUT2D eigenvalue weighted by molar-refractivity contribution is 0.164. The van der Waals surface area contributed by atoms with E-state index in [9.17, 15) is 0 Å². The number of halogens is 1. The molecule has 2 N–H and O–H groups in total. The number of nitrogens with zero attached hydrogens (tertiary/aromatic N) is 3. The molecule has 0 amide bonds. The molecule has 0 radical (unpaired) electrons. The van der Waals surface area contributed by atoms with Gasteiger partial charge in [0.05, 0.1) is 18.8 Å². The summed E-state index contributed by atoms with van der Waals surface area (Å²) in [4.78, 5) is 12.6. The normalized spacial score (nSPS) is 16.2. The number of aromatic nitrogens is 1. The molecule has 27 heavy (non-hydrogen) atoms. The molecule has 1 fully saturated rings. The zero-order valence-electron chi connectivity index (χ0n) is 16.3. The predicted octanol–water partition coefficient (Wildman–Crippen LogP) is 3.55. The van der Waals surface area contributed by atoms with Crippen LogP contribution < -0.4 is 10.6 Å². The minimum atomic E-state index is 0. The van der Waals surface area contributed by atoms with Crippen molar-refractivity contribution in [2.24, 2.45) is 10.9 Å². The Labute approximate surface area is 182 Å². The molecule has 3 heterocycles. The molecule has 0 unspecified atom stereocenters. The summed E-state index contributed by atoms with van der Waals surface area (Å²) in [6.45, 7) is 8.77. The van der Waals surface area contributed by atoms with E-state index < -0.39 is 0 Å². The van der Waals surface area contributed by atoms with E-state index in [1.807, 2.05) is 20.9 Å². The number of guanidine groups is 1. The van der Waals surface area contributed by atoms with Crippen molar-refractivity contribution in [3.63, 3.8) is 0 Å². The summed E-state index contributed by atoms with van der Waals surface area (Å²) in [7, 11) is 1.83. The number of piperidine rings is 1. The Balaban J connectivity index is 0.00000261. The molecule has 0 saturated carbocycles. The monoisotopic (exact) mass is 503 g/mol. The van der Waals surface area contributed by atoms with Crippen molar-refractivity contribution in [1.29, 1.82) is 0 Å². The van der Waals surface area contributed by atoms with Crippen LogP contribution in [-0.2, 0) is 13.1 Å². The Hall–Kier alpha value is -1.13. The van der Waals surface area contributed by atoms with Crippen LogP contribution in [0.15, 0.2) is 26.9 Å². The fourth-order valence-electron chi connectivity index (χ4n) is 3.19. The van der Waals surface area contributed by atoms with Gasteiger partial charge in [-0.3, -0.25) is 9.89 Å². The maximum atomic E-state index is 5.71. The molecular formula is C19H30IN5OS. The minimum absolute atomic E-state index is 0. The fourth-order valence-corrected chi connectivity index (χ4v) is 3.84. The molecule has 6 nitrogen and oxygen atoms in total. The Morgan fingerprint density at radius 3 is 2.70 bits per heavy atom. The first-order chi connectivity index (χ1) is 12.6. The zero-order chi connectivity index (χ0) is 18.4. The number of aryl methyl sites for hydroxylation is 2. The van der Waals surface area contributed by atoms with Crippen molar-refractivity contribution in [3.8, 4) is 0 Å². The number of rotatable bonds is 6. The second-order valence-corrected chi connectivity index (χ2v) is 7.89. The third-order valence-corrected chi connectivity index (χ3v) is 5.81. The van der Waals surface area contributed by atoms with Crippen molar-refractivity contribution < 1.29 is 4.42 Å². The molecule has 2 aromatic rings. The van der Waals surface area contributed by atoms with E-state index in [1.165, 1.54) is 17.7 Å². The van der Waals surface area contributed by atoms with Gasteiger partial charge in [0.1, 0.15) is 5.76 Å². The summed E-state index contributed by atoms with van der Waals surface area (Å²) < 4.78 is 5.71.